The molecule has 196 valence electrons. The van der Waals surface area contributed by atoms with E-state index in [1.807, 2.05) is 27.7 Å². The lowest BCUT2D eigenvalue weighted by Crippen LogP contribution is -2.41. The summed E-state index contributed by atoms with van der Waals surface area (Å²) in [5.74, 6) is -2.27. The third kappa shape index (κ3) is 6.06. The Morgan fingerprint density at radius 3 is 1.92 bits per heavy atom. The number of rotatable bonds is 4. The average Bonchev–Trinajstić information content (AvgIpc) is 3.37. The first-order valence-corrected chi connectivity index (χ1v) is 11.4. The van der Waals surface area contributed by atoms with Crippen LogP contribution in [0.4, 0.5) is 8.78 Å². The number of ether oxygens (including phenoxy) is 2. The van der Waals surface area contributed by atoms with E-state index in [2.05, 4.69) is 10.1 Å². The van der Waals surface area contributed by atoms with Gasteiger partial charge in [0, 0.05) is 12.6 Å². The van der Waals surface area contributed by atoms with Crippen molar-refractivity contribution in [1.29, 1.82) is 0 Å². The first kappa shape index (κ1) is 28.0. The van der Waals surface area contributed by atoms with Gasteiger partial charge in [-0.3, -0.25) is 4.79 Å². The summed E-state index contributed by atoms with van der Waals surface area (Å²) in [5, 5.41) is 2.57. The lowest BCUT2D eigenvalue weighted by molar-refractivity contribution is -0.115. The van der Waals surface area contributed by atoms with Crippen molar-refractivity contribution in [2.45, 2.75) is 38.9 Å². The predicted octanol–water partition coefficient (Wildman–Crippen LogP) is 3.04. The van der Waals surface area contributed by atoms with Crippen LogP contribution in [-0.2, 0) is 23.6 Å². The maximum Gasteiger partial charge on any atom is 0.495 e. The van der Waals surface area contributed by atoms with Crippen molar-refractivity contribution < 1.29 is 41.9 Å². The number of carbonyl (C=O) groups is 3. The van der Waals surface area contributed by atoms with Gasteiger partial charge >= 0.3 is 19.1 Å². The second-order valence-corrected chi connectivity index (χ2v) is 9.38. The minimum absolute atomic E-state index is 0.243. The Hall–Kier alpha value is -3.57. The minimum Gasteiger partial charge on any atom is -0.465 e. The monoisotopic (exact) mass is 515 g/mol. The molecule has 0 bridgehead atoms. The average molecular weight is 515 g/mol. The van der Waals surface area contributed by atoms with Crippen molar-refractivity contribution >= 4 is 36.0 Å². The summed E-state index contributed by atoms with van der Waals surface area (Å²) >= 11 is 0. The van der Waals surface area contributed by atoms with E-state index in [1.54, 1.807) is 0 Å². The number of hydrogen-bond acceptors (Lipinski definition) is 7. The Morgan fingerprint density at radius 2 is 1.41 bits per heavy atom. The third-order valence-electron chi connectivity index (χ3n) is 6.42. The molecule has 0 radical (unpaired) electrons. The largest absolute Gasteiger partial charge is 0.495 e. The van der Waals surface area contributed by atoms with Crippen LogP contribution in [0.15, 0.2) is 42.5 Å². The Morgan fingerprint density at radius 1 is 0.892 bits per heavy atom. The van der Waals surface area contributed by atoms with Gasteiger partial charge in [-0.2, -0.15) is 0 Å². The van der Waals surface area contributed by atoms with E-state index in [9.17, 15) is 23.2 Å². The molecule has 1 N–H and O–H groups in total. The van der Waals surface area contributed by atoms with E-state index in [1.165, 1.54) is 56.7 Å². The third-order valence-corrected chi connectivity index (χ3v) is 6.42. The van der Waals surface area contributed by atoms with Gasteiger partial charge < -0.3 is 24.1 Å². The maximum absolute atomic E-state index is 13.5. The number of nitrogens with one attached hydrogen (secondary N) is 1. The normalized spacial score (nSPS) is 17.4. The summed E-state index contributed by atoms with van der Waals surface area (Å²) in [6.45, 7) is 7.86. The van der Waals surface area contributed by atoms with Gasteiger partial charge in [0.2, 0.25) is 5.91 Å². The fourth-order valence-corrected chi connectivity index (χ4v) is 3.68. The van der Waals surface area contributed by atoms with Crippen LogP contribution in [0.25, 0.3) is 5.57 Å². The van der Waals surface area contributed by atoms with Gasteiger partial charge in [-0.05, 0) is 80.7 Å². The summed E-state index contributed by atoms with van der Waals surface area (Å²) < 4.78 is 47.7. The van der Waals surface area contributed by atoms with Crippen molar-refractivity contribution in [3.8, 4) is 0 Å². The molecule has 2 heterocycles. The lowest BCUT2D eigenvalue weighted by atomic mass is 9.76. The molecule has 1 amide bonds. The number of carbonyl (C=O) groups excluding carboxylic acids is 3. The van der Waals surface area contributed by atoms with Crippen molar-refractivity contribution in [2.24, 2.45) is 0 Å². The molecule has 0 atom stereocenters. The van der Waals surface area contributed by atoms with Crippen LogP contribution in [0.5, 0.6) is 0 Å². The lowest BCUT2D eigenvalue weighted by Gasteiger charge is -2.32. The fraction of sp³-hybridized carbons (Fsp3) is 0.346. The summed E-state index contributed by atoms with van der Waals surface area (Å²) in [6, 6.07) is 7.58. The zero-order valence-corrected chi connectivity index (χ0v) is 21.4. The molecule has 11 heteroatoms. The number of esters is 2. The van der Waals surface area contributed by atoms with E-state index in [0.29, 0.717) is 16.6 Å². The van der Waals surface area contributed by atoms with Crippen molar-refractivity contribution in [3.05, 3.63) is 70.8 Å². The Kier molecular flexibility index (Phi) is 8.19. The molecule has 1 saturated heterocycles. The molecule has 1 fully saturated rings. The summed E-state index contributed by atoms with van der Waals surface area (Å²) in [7, 11) is 1.73. The van der Waals surface area contributed by atoms with Crippen LogP contribution in [0.1, 0.15) is 54.0 Å². The molecule has 2 aromatic rings. The highest BCUT2D eigenvalue weighted by Crippen LogP contribution is 2.36. The molecule has 0 spiro atoms. The molecule has 37 heavy (non-hydrogen) atoms. The van der Waals surface area contributed by atoms with Gasteiger partial charge in [0.15, 0.2) is 0 Å². The van der Waals surface area contributed by atoms with Crippen LogP contribution >= 0.6 is 0 Å². The Bertz CT molecular complexity index is 1240. The van der Waals surface area contributed by atoms with E-state index in [0.717, 1.165) is 0 Å². The van der Waals surface area contributed by atoms with Gasteiger partial charge in [0.05, 0.1) is 36.5 Å². The van der Waals surface area contributed by atoms with Crippen LogP contribution in [-0.4, -0.2) is 56.9 Å². The molecule has 2 aliphatic heterocycles. The molecule has 0 unspecified atom stereocenters. The van der Waals surface area contributed by atoms with E-state index in [4.69, 9.17) is 14.0 Å². The highest BCUT2D eigenvalue weighted by molar-refractivity contribution is 6.63. The van der Waals surface area contributed by atoms with Crippen LogP contribution in [0.2, 0.25) is 0 Å². The molecule has 2 aliphatic rings. The van der Waals surface area contributed by atoms with Crippen LogP contribution in [0, 0.1) is 11.6 Å². The predicted molar refractivity (Wildman–Crippen MR) is 132 cm³/mol. The standard InChI is InChI=1S/C14H18BFO4.C12H10FNO3/c1-13(2)14(3,4)20-15(19-13)11-8-9(16)6-7-10(11)12(17)18-5;1-17-12(16)9-3-2-8(13)5-10(9)7-4-11(15)14-6-7/h6-8H,1-5H3;2-5H,6H2,1H3,(H,14,15). The van der Waals surface area contributed by atoms with Crippen molar-refractivity contribution in [1.82, 2.24) is 5.32 Å². The number of methoxy groups -OCH3 is 2. The highest BCUT2D eigenvalue weighted by Gasteiger charge is 2.52. The summed E-state index contributed by atoms with van der Waals surface area (Å²) in [4.78, 5) is 34.3. The van der Waals surface area contributed by atoms with Gasteiger partial charge in [0.25, 0.3) is 0 Å². The van der Waals surface area contributed by atoms with E-state index < -0.39 is 41.9 Å². The molecule has 2 aromatic carbocycles. The zero-order chi connectivity index (χ0) is 27.5. The van der Waals surface area contributed by atoms with Crippen LogP contribution in [0.3, 0.4) is 0 Å². The second-order valence-electron chi connectivity index (χ2n) is 9.38. The second kappa shape index (κ2) is 10.8. The molecular formula is C26H28BF2NO7. The quantitative estimate of drug-likeness (QED) is 0.494. The number of benzene rings is 2. The first-order chi connectivity index (χ1) is 17.3. The number of hydrogen-bond donors (Lipinski definition) is 1. The molecule has 0 saturated carbocycles. The number of amides is 1. The van der Waals surface area contributed by atoms with Gasteiger partial charge in [0.1, 0.15) is 11.6 Å². The van der Waals surface area contributed by atoms with Gasteiger partial charge in [-0.1, -0.05) is 0 Å². The molecule has 8 nitrogen and oxygen atoms in total. The highest BCUT2D eigenvalue weighted by atomic mass is 19.1. The smallest absolute Gasteiger partial charge is 0.465 e. The summed E-state index contributed by atoms with van der Waals surface area (Å²) in [6.07, 6.45) is 1.35. The Labute approximate surface area is 214 Å². The molecule has 0 aromatic heterocycles. The topological polar surface area (TPSA) is 100 Å². The van der Waals surface area contributed by atoms with Gasteiger partial charge in [-0.25, -0.2) is 18.4 Å². The zero-order valence-electron chi connectivity index (χ0n) is 21.4. The minimum atomic E-state index is -0.801. The van der Waals surface area contributed by atoms with Crippen LogP contribution < -0.4 is 10.8 Å². The molecule has 0 aliphatic carbocycles. The van der Waals surface area contributed by atoms with E-state index >= 15 is 0 Å². The molecule has 4 rings (SSSR count). The maximum atomic E-state index is 13.5. The fourth-order valence-electron chi connectivity index (χ4n) is 3.68. The SMILES string of the molecule is COC(=O)c1ccc(F)cc1B1OC(C)(C)C(C)(C)O1.COC(=O)c1ccc(F)cc1C1=CC(=O)NC1. The number of halogens is 2. The van der Waals surface area contributed by atoms with Crippen molar-refractivity contribution in [2.75, 3.05) is 20.8 Å². The van der Waals surface area contributed by atoms with Crippen molar-refractivity contribution in [3.63, 3.8) is 0 Å². The van der Waals surface area contributed by atoms with E-state index in [-0.39, 0.29) is 23.6 Å². The molecular weight excluding hydrogens is 487 g/mol. The van der Waals surface area contributed by atoms with Gasteiger partial charge in [-0.15, -0.1) is 0 Å². The first-order valence-electron chi connectivity index (χ1n) is 11.4. The Balaban J connectivity index is 0.000000208. The summed E-state index contributed by atoms with van der Waals surface area (Å²) in [5.41, 5.74) is 0.680.